The highest BCUT2D eigenvalue weighted by atomic mass is 32.2. The van der Waals surface area contributed by atoms with Gasteiger partial charge in [-0.2, -0.15) is 0 Å². The lowest BCUT2D eigenvalue weighted by Crippen LogP contribution is -2.30. The molecule has 0 spiro atoms. The summed E-state index contributed by atoms with van der Waals surface area (Å²) < 4.78 is 68.2. The highest BCUT2D eigenvalue weighted by Gasteiger charge is 2.17. The number of amides is 1. The summed E-state index contributed by atoms with van der Waals surface area (Å²) in [5.41, 5.74) is 0.681. The molecule has 0 unspecified atom stereocenters. The van der Waals surface area contributed by atoms with E-state index < -0.39 is 32.5 Å². The first-order valence-electron chi connectivity index (χ1n) is 8.72. The number of carbonyl (C=O) groups excluding carboxylic acids is 1. The molecule has 0 bridgehead atoms. The van der Waals surface area contributed by atoms with E-state index >= 15 is 0 Å². The second kappa shape index (κ2) is 10.2. The molecule has 0 aromatic heterocycles. The van der Waals surface area contributed by atoms with Crippen molar-refractivity contribution in [2.75, 3.05) is 27.9 Å². The molecule has 164 valence electrons. The second-order valence-corrected chi connectivity index (χ2v) is 7.80. The lowest BCUT2D eigenvalue weighted by molar-refractivity contribution is -0.121. The second-order valence-electron chi connectivity index (χ2n) is 6.03. The van der Waals surface area contributed by atoms with Crippen LogP contribution in [0.5, 0.6) is 17.2 Å². The Morgan fingerprint density at radius 1 is 0.967 bits per heavy atom. The van der Waals surface area contributed by atoms with Gasteiger partial charge in [0, 0.05) is 19.5 Å². The summed E-state index contributed by atoms with van der Waals surface area (Å²) in [6, 6.07) is 5.57. The molecule has 0 fully saturated rings. The van der Waals surface area contributed by atoms with Crippen molar-refractivity contribution in [3.8, 4) is 17.2 Å². The molecule has 0 aliphatic rings. The number of ether oxygens (including phenoxy) is 3. The summed E-state index contributed by atoms with van der Waals surface area (Å²) in [4.78, 5) is 11.6. The first kappa shape index (κ1) is 23.4. The fraction of sp³-hybridized carbons (Fsp3) is 0.316. The number of nitrogens with one attached hydrogen (secondary N) is 2. The van der Waals surface area contributed by atoms with Gasteiger partial charge in [-0.05, 0) is 35.9 Å². The molecular formula is C19H22F2N2O6S. The summed E-state index contributed by atoms with van der Waals surface area (Å²) in [5.74, 6) is -1.57. The normalized spacial score (nSPS) is 11.1. The van der Waals surface area contributed by atoms with Crippen molar-refractivity contribution in [2.24, 2.45) is 0 Å². The van der Waals surface area contributed by atoms with Gasteiger partial charge in [0.05, 0.1) is 26.2 Å². The van der Waals surface area contributed by atoms with E-state index in [2.05, 4.69) is 10.0 Å². The largest absolute Gasteiger partial charge is 0.493 e. The van der Waals surface area contributed by atoms with E-state index in [0.717, 1.165) is 6.07 Å². The number of hydrogen-bond donors (Lipinski definition) is 2. The van der Waals surface area contributed by atoms with Crippen LogP contribution < -0.4 is 24.2 Å². The van der Waals surface area contributed by atoms with E-state index in [4.69, 9.17) is 14.2 Å². The molecule has 2 N–H and O–H groups in total. The molecule has 2 aromatic carbocycles. The summed E-state index contributed by atoms with van der Waals surface area (Å²) >= 11 is 0. The van der Waals surface area contributed by atoms with Crippen LogP contribution in [0.1, 0.15) is 12.0 Å². The molecule has 11 heteroatoms. The molecule has 0 saturated heterocycles. The number of sulfonamides is 1. The van der Waals surface area contributed by atoms with Crippen LogP contribution in [0.3, 0.4) is 0 Å². The third-order valence-corrected chi connectivity index (χ3v) is 5.52. The maximum absolute atomic E-state index is 13.2. The van der Waals surface area contributed by atoms with E-state index in [9.17, 15) is 22.0 Å². The molecule has 0 aliphatic carbocycles. The highest BCUT2D eigenvalue weighted by molar-refractivity contribution is 7.89. The Bertz CT molecular complexity index is 989. The molecule has 2 aromatic rings. The Morgan fingerprint density at radius 2 is 1.60 bits per heavy atom. The van der Waals surface area contributed by atoms with Crippen molar-refractivity contribution in [3.63, 3.8) is 0 Å². The van der Waals surface area contributed by atoms with Gasteiger partial charge in [0.15, 0.2) is 23.1 Å². The molecule has 0 saturated carbocycles. The van der Waals surface area contributed by atoms with Crippen LogP contribution in [0.4, 0.5) is 8.78 Å². The highest BCUT2D eigenvalue weighted by Crippen LogP contribution is 2.38. The predicted octanol–water partition coefficient (Wildman–Crippen LogP) is 1.98. The Labute approximate surface area is 173 Å². The van der Waals surface area contributed by atoms with Crippen molar-refractivity contribution < 1.29 is 36.2 Å². The Hall–Kier alpha value is -2.92. The first-order valence-corrected chi connectivity index (χ1v) is 10.2. The summed E-state index contributed by atoms with van der Waals surface area (Å²) in [6.45, 7) is -0.0755. The quantitative estimate of drug-likeness (QED) is 0.581. The molecule has 0 atom stereocenters. The van der Waals surface area contributed by atoms with Crippen molar-refractivity contribution in [1.29, 1.82) is 0 Å². The lowest BCUT2D eigenvalue weighted by atomic mass is 10.1. The monoisotopic (exact) mass is 444 g/mol. The number of methoxy groups -OCH3 is 3. The minimum absolute atomic E-state index is 0.144. The van der Waals surface area contributed by atoms with Gasteiger partial charge in [0.2, 0.25) is 21.7 Å². The van der Waals surface area contributed by atoms with Crippen LogP contribution in [0.2, 0.25) is 0 Å². The van der Waals surface area contributed by atoms with Crippen LogP contribution in [-0.2, 0) is 21.4 Å². The number of hydrogen-bond acceptors (Lipinski definition) is 6. The maximum atomic E-state index is 13.2. The topological polar surface area (TPSA) is 103 Å². The van der Waals surface area contributed by atoms with E-state index in [1.165, 1.54) is 21.3 Å². The van der Waals surface area contributed by atoms with Gasteiger partial charge >= 0.3 is 0 Å². The lowest BCUT2D eigenvalue weighted by Gasteiger charge is -2.14. The van der Waals surface area contributed by atoms with E-state index in [-0.39, 0.29) is 19.5 Å². The predicted molar refractivity (Wildman–Crippen MR) is 104 cm³/mol. The van der Waals surface area contributed by atoms with Gasteiger partial charge in [-0.25, -0.2) is 21.9 Å². The summed E-state index contributed by atoms with van der Waals surface area (Å²) in [6.07, 6.45) is -0.159. The fourth-order valence-electron chi connectivity index (χ4n) is 2.55. The number of rotatable bonds is 10. The summed E-state index contributed by atoms with van der Waals surface area (Å²) in [7, 11) is 0.346. The fourth-order valence-corrected chi connectivity index (χ4v) is 3.60. The average molecular weight is 444 g/mol. The zero-order valence-electron chi connectivity index (χ0n) is 16.6. The molecule has 8 nitrogen and oxygen atoms in total. The molecule has 0 heterocycles. The van der Waals surface area contributed by atoms with E-state index in [0.29, 0.717) is 34.9 Å². The minimum atomic E-state index is -4.07. The van der Waals surface area contributed by atoms with Gasteiger partial charge in [-0.3, -0.25) is 4.79 Å². The third-order valence-electron chi connectivity index (χ3n) is 4.06. The Balaban J connectivity index is 1.91. The van der Waals surface area contributed by atoms with Crippen LogP contribution in [0.15, 0.2) is 35.2 Å². The minimum Gasteiger partial charge on any atom is -0.493 e. The number of benzene rings is 2. The molecule has 2 rings (SSSR count). The van der Waals surface area contributed by atoms with E-state index in [1.54, 1.807) is 12.1 Å². The Kier molecular flexibility index (Phi) is 7.95. The molecule has 1 amide bonds. The smallest absolute Gasteiger partial charge is 0.240 e. The van der Waals surface area contributed by atoms with Crippen molar-refractivity contribution in [2.45, 2.75) is 17.9 Å². The molecular weight excluding hydrogens is 422 g/mol. The maximum Gasteiger partial charge on any atom is 0.240 e. The molecule has 30 heavy (non-hydrogen) atoms. The van der Waals surface area contributed by atoms with Gasteiger partial charge in [-0.15, -0.1) is 0 Å². The summed E-state index contributed by atoms with van der Waals surface area (Å²) in [5, 5.41) is 2.65. The Morgan fingerprint density at radius 3 is 2.13 bits per heavy atom. The molecule has 0 radical (unpaired) electrons. The average Bonchev–Trinajstić information content (AvgIpc) is 2.72. The standard InChI is InChI=1S/C19H22F2N2O6S/c1-27-16-8-12(9-17(28-2)19(16)29-3)11-22-18(24)6-7-23-30(25,26)13-4-5-14(20)15(21)10-13/h4-5,8-10,23H,6-7,11H2,1-3H3,(H,22,24). The van der Waals surface area contributed by atoms with Gasteiger partial charge in [-0.1, -0.05) is 0 Å². The van der Waals surface area contributed by atoms with Crippen LogP contribution >= 0.6 is 0 Å². The molecule has 0 aliphatic heterocycles. The number of halogens is 2. The zero-order chi connectivity index (χ0) is 22.3. The van der Waals surface area contributed by atoms with Gasteiger partial charge < -0.3 is 19.5 Å². The zero-order valence-corrected chi connectivity index (χ0v) is 17.4. The third kappa shape index (κ3) is 5.80. The van der Waals surface area contributed by atoms with Crippen LogP contribution in [0.25, 0.3) is 0 Å². The van der Waals surface area contributed by atoms with Crippen LogP contribution in [-0.4, -0.2) is 42.2 Å². The first-order chi connectivity index (χ1) is 14.2. The van der Waals surface area contributed by atoms with E-state index in [1.807, 2.05) is 0 Å². The van der Waals surface area contributed by atoms with Crippen molar-refractivity contribution >= 4 is 15.9 Å². The van der Waals surface area contributed by atoms with Crippen molar-refractivity contribution in [1.82, 2.24) is 10.0 Å². The number of carbonyl (C=O) groups is 1. The SMILES string of the molecule is COc1cc(CNC(=O)CCNS(=O)(=O)c2ccc(F)c(F)c2)cc(OC)c1OC. The van der Waals surface area contributed by atoms with Crippen molar-refractivity contribution in [3.05, 3.63) is 47.5 Å². The van der Waals surface area contributed by atoms with Crippen LogP contribution in [0, 0.1) is 11.6 Å². The van der Waals surface area contributed by atoms with Gasteiger partial charge in [0.1, 0.15) is 0 Å². The van der Waals surface area contributed by atoms with Gasteiger partial charge in [0.25, 0.3) is 0 Å².